The molecule has 0 aliphatic rings. The van der Waals surface area contributed by atoms with E-state index in [9.17, 15) is 0 Å². The maximum atomic E-state index is 5.97. The summed E-state index contributed by atoms with van der Waals surface area (Å²) in [4.78, 5) is 4.42. The van der Waals surface area contributed by atoms with Gasteiger partial charge in [-0.15, -0.1) is 0 Å². The Bertz CT molecular complexity index is 515. The molecule has 2 aromatic rings. The second-order valence-corrected chi connectivity index (χ2v) is 4.36. The van der Waals surface area contributed by atoms with Crippen molar-refractivity contribution in [2.24, 2.45) is 0 Å². The Balaban J connectivity index is 2.16. The predicted octanol–water partition coefficient (Wildman–Crippen LogP) is 3.15. The van der Waals surface area contributed by atoms with E-state index in [-0.39, 0.29) is 0 Å². The van der Waals surface area contributed by atoms with Crippen LogP contribution in [0.3, 0.4) is 0 Å². The van der Waals surface area contributed by atoms with Gasteiger partial charge in [-0.1, -0.05) is 25.1 Å². The number of nitrogens with zero attached hydrogens (tertiary/aromatic N) is 1. The van der Waals surface area contributed by atoms with Gasteiger partial charge in [0.1, 0.15) is 0 Å². The lowest BCUT2D eigenvalue weighted by atomic mass is 10.1. The van der Waals surface area contributed by atoms with Crippen LogP contribution in [-0.2, 0) is 13.0 Å². The Kier molecular flexibility index (Phi) is 3.82. The molecule has 0 aliphatic heterocycles. The molecule has 2 rings (SSSR count). The number of nitrogen functional groups attached to an aromatic ring is 1. The van der Waals surface area contributed by atoms with Crippen molar-refractivity contribution in [3.63, 3.8) is 0 Å². The number of pyridine rings is 1. The lowest BCUT2D eigenvalue weighted by Crippen LogP contribution is -2.07. The molecule has 0 saturated heterocycles. The zero-order chi connectivity index (χ0) is 13.0. The second-order valence-electron chi connectivity index (χ2n) is 4.36. The predicted molar refractivity (Wildman–Crippen MR) is 76.5 cm³/mol. The monoisotopic (exact) mass is 241 g/mol. The molecular formula is C15H19N3. The van der Waals surface area contributed by atoms with E-state index in [0.717, 1.165) is 29.1 Å². The fraction of sp³-hybridized carbons (Fsp3) is 0.267. The van der Waals surface area contributed by atoms with E-state index >= 15 is 0 Å². The molecule has 3 heteroatoms. The highest BCUT2D eigenvalue weighted by atomic mass is 14.9. The van der Waals surface area contributed by atoms with E-state index in [1.807, 2.05) is 24.4 Å². The molecule has 3 N–H and O–H groups in total. The summed E-state index contributed by atoms with van der Waals surface area (Å²) in [6, 6.07) is 10.0. The third-order valence-electron chi connectivity index (χ3n) is 3.10. The molecule has 1 heterocycles. The van der Waals surface area contributed by atoms with Crippen LogP contribution in [-0.4, -0.2) is 4.98 Å². The third kappa shape index (κ3) is 2.62. The quantitative estimate of drug-likeness (QED) is 0.808. The molecule has 0 spiro atoms. The number of aryl methyl sites for hydroxylation is 2. The van der Waals surface area contributed by atoms with E-state index in [2.05, 4.69) is 36.3 Å². The van der Waals surface area contributed by atoms with Crippen LogP contribution in [0.15, 0.2) is 36.5 Å². The van der Waals surface area contributed by atoms with Crippen molar-refractivity contribution < 1.29 is 0 Å². The largest absolute Gasteiger partial charge is 0.397 e. The number of hydrogen-bond acceptors (Lipinski definition) is 3. The molecule has 1 aromatic heterocycles. The van der Waals surface area contributed by atoms with Crippen molar-refractivity contribution in [2.75, 3.05) is 11.1 Å². The van der Waals surface area contributed by atoms with E-state index in [1.165, 1.54) is 5.56 Å². The van der Waals surface area contributed by atoms with Crippen LogP contribution in [0.4, 0.5) is 11.4 Å². The number of rotatable bonds is 4. The zero-order valence-electron chi connectivity index (χ0n) is 10.9. The van der Waals surface area contributed by atoms with E-state index in [1.54, 1.807) is 0 Å². The van der Waals surface area contributed by atoms with Crippen LogP contribution in [0.2, 0.25) is 0 Å². The van der Waals surface area contributed by atoms with Crippen LogP contribution >= 0.6 is 0 Å². The highest BCUT2D eigenvalue weighted by Gasteiger charge is 2.05. The second kappa shape index (κ2) is 5.54. The third-order valence-corrected chi connectivity index (χ3v) is 3.10. The molecule has 0 atom stereocenters. The van der Waals surface area contributed by atoms with E-state index < -0.39 is 0 Å². The molecule has 0 radical (unpaired) electrons. The lowest BCUT2D eigenvalue weighted by molar-refractivity contribution is 0.971. The first-order valence-corrected chi connectivity index (χ1v) is 6.24. The number of para-hydroxylation sites is 1. The minimum atomic E-state index is 0.707. The molecule has 0 saturated carbocycles. The highest BCUT2D eigenvalue weighted by Crippen LogP contribution is 2.23. The van der Waals surface area contributed by atoms with Crippen molar-refractivity contribution in [1.82, 2.24) is 4.98 Å². The van der Waals surface area contributed by atoms with Gasteiger partial charge in [-0.2, -0.15) is 0 Å². The SMILES string of the molecule is CCc1cccnc1CNc1c(C)cccc1N. The molecule has 0 aliphatic carbocycles. The van der Waals surface area contributed by atoms with Gasteiger partial charge in [-0.05, 0) is 36.6 Å². The Hall–Kier alpha value is -2.03. The van der Waals surface area contributed by atoms with Gasteiger partial charge in [0.05, 0.1) is 23.6 Å². The van der Waals surface area contributed by atoms with E-state index in [4.69, 9.17) is 5.73 Å². The molecule has 94 valence electrons. The highest BCUT2D eigenvalue weighted by molar-refractivity contribution is 5.69. The van der Waals surface area contributed by atoms with Crippen LogP contribution in [0.1, 0.15) is 23.7 Å². The molecule has 1 aromatic carbocycles. The maximum Gasteiger partial charge on any atom is 0.0626 e. The number of nitrogens with two attached hydrogens (primary N) is 1. The first kappa shape index (κ1) is 12.4. The summed E-state index contributed by atoms with van der Waals surface area (Å²) in [6.45, 7) is 4.90. The van der Waals surface area contributed by atoms with Gasteiger partial charge in [0, 0.05) is 6.20 Å². The van der Waals surface area contributed by atoms with Crippen molar-refractivity contribution in [1.29, 1.82) is 0 Å². The number of hydrogen-bond donors (Lipinski definition) is 2. The van der Waals surface area contributed by atoms with Crippen molar-refractivity contribution >= 4 is 11.4 Å². The van der Waals surface area contributed by atoms with Gasteiger partial charge in [-0.25, -0.2) is 0 Å². The zero-order valence-corrected chi connectivity index (χ0v) is 10.9. The van der Waals surface area contributed by atoms with Crippen LogP contribution in [0.5, 0.6) is 0 Å². The molecular weight excluding hydrogens is 222 g/mol. The summed E-state index contributed by atoms with van der Waals surface area (Å²) in [6.07, 6.45) is 2.82. The van der Waals surface area contributed by atoms with Crippen molar-refractivity contribution in [3.05, 3.63) is 53.3 Å². The van der Waals surface area contributed by atoms with Gasteiger partial charge >= 0.3 is 0 Å². The smallest absolute Gasteiger partial charge is 0.0626 e. The van der Waals surface area contributed by atoms with Gasteiger partial charge in [0.15, 0.2) is 0 Å². The molecule has 18 heavy (non-hydrogen) atoms. The number of benzene rings is 1. The van der Waals surface area contributed by atoms with Crippen LogP contribution in [0, 0.1) is 6.92 Å². The minimum Gasteiger partial charge on any atom is -0.397 e. The summed E-state index contributed by atoms with van der Waals surface area (Å²) in [5, 5.41) is 3.38. The summed E-state index contributed by atoms with van der Waals surface area (Å²) in [5.74, 6) is 0. The van der Waals surface area contributed by atoms with Gasteiger partial charge < -0.3 is 11.1 Å². The van der Waals surface area contributed by atoms with Crippen molar-refractivity contribution in [2.45, 2.75) is 26.8 Å². The van der Waals surface area contributed by atoms with Crippen LogP contribution in [0.25, 0.3) is 0 Å². The molecule has 0 amide bonds. The van der Waals surface area contributed by atoms with Gasteiger partial charge in [0.25, 0.3) is 0 Å². The average Bonchev–Trinajstić information content (AvgIpc) is 2.38. The Morgan fingerprint density at radius 3 is 2.78 bits per heavy atom. The fourth-order valence-corrected chi connectivity index (χ4v) is 2.06. The molecule has 0 unspecified atom stereocenters. The van der Waals surface area contributed by atoms with Gasteiger partial charge in [0.2, 0.25) is 0 Å². The standard InChI is InChI=1S/C15H19N3/c1-3-12-7-5-9-17-14(12)10-18-15-11(2)6-4-8-13(15)16/h4-9,18H,3,10,16H2,1-2H3. The first-order chi connectivity index (χ1) is 8.72. The topological polar surface area (TPSA) is 50.9 Å². The molecule has 0 fully saturated rings. The maximum absolute atomic E-state index is 5.97. The van der Waals surface area contributed by atoms with Crippen LogP contribution < -0.4 is 11.1 Å². The Morgan fingerprint density at radius 2 is 2.06 bits per heavy atom. The Labute approximate surface area is 108 Å². The van der Waals surface area contributed by atoms with E-state index in [0.29, 0.717) is 6.54 Å². The summed E-state index contributed by atoms with van der Waals surface area (Å²) in [7, 11) is 0. The first-order valence-electron chi connectivity index (χ1n) is 6.24. The van der Waals surface area contributed by atoms with Gasteiger partial charge in [-0.3, -0.25) is 4.98 Å². The summed E-state index contributed by atoms with van der Waals surface area (Å²) < 4.78 is 0. The normalized spacial score (nSPS) is 10.3. The Morgan fingerprint density at radius 1 is 1.22 bits per heavy atom. The summed E-state index contributed by atoms with van der Waals surface area (Å²) >= 11 is 0. The number of nitrogens with one attached hydrogen (secondary N) is 1. The average molecular weight is 241 g/mol. The summed E-state index contributed by atoms with van der Waals surface area (Å²) in [5.41, 5.74) is 11.3. The van der Waals surface area contributed by atoms with Crippen molar-refractivity contribution in [3.8, 4) is 0 Å². The minimum absolute atomic E-state index is 0.707. The molecule has 3 nitrogen and oxygen atoms in total. The fourth-order valence-electron chi connectivity index (χ4n) is 2.06. The molecule has 0 bridgehead atoms. The lowest BCUT2D eigenvalue weighted by Gasteiger charge is -2.13. The number of anilines is 2. The number of aromatic nitrogens is 1.